The molecule has 6 atom stereocenters. The zero-order chi connectivity index (χ0) is 57.7. The van der Waals surface area contributed by atoms with Crippen LogP contribution in [0.5, 0.6) is 0 Å². The topological polar surface area (TPSA) is 183 Å². The molecule has 0 aromatic heterocycles. The second-order valence-corrected chi connectivity index (χ2v) is 26.0. The van der Waals surface area contributed by atoms with Gasteiger partial charge < -0.3 is 58.8 Å². The average Bonchev–Trinajstić information content (AvgIpc) is 4.35. The number of β-amino-alcohol motifs (C(OH)–C–C–N with tert-alkyl or cyclic N) is 2. The van der Waals surface area contributed by atoms with Gasteiger partial charge >= 0.3 is 24.4 Å². The molecule has 0 spiro atoms. The minimum atomic E-state index is -1.44. The number of nitrogens with zero attached hydrogens (tertiary/aromatic N) is 4. The van der Waals surface area contributed by atoms with Gasteiger partial charge in [-0.15, -0.1) is 23.8 Å². The van der Waals surface area contributed by atoms with Crippen molar-refractivity contribution in [3.05, 3.63) is 168 Å². The zero-order valence-electron chi connectivity index (χ0n) is 47.2. The number of carbonyl (C=O) groups excluding carboxylic acids is 4. The van der Waals surface area contributed by atoms with E-state index in [2.05, 4.69) is 60.6 Å². The van der Waals surface area contributed by atoms with Gasteiger partial charge in [0.1, 0.15) is 40.6 Å². The molecule has 432 valence electrons. The van der Waals surface area contributed by atoms with E-state index in [0.717, 1.165) is 61.3 Å². The maximum absolute atomic E-state index is 12.1. The van der Waals surface area contributed by atoms with E-state index in [1.54, 1.807) is 14.7 Å². The van der Waals surface area contributed by atoms with E-state index in [-0.39, 0.29) is 56.0 Å². The molecule has 0 aliphatic carbocycles. The van der Waals surface area contributed by atoms with Gasteiger partial charge in [-0.3, -0.25) is 0 Å². The van der Waals surface area contributed by atoms with Gasteiger partial charge in [-0.2, -0.15) is 0 Å². The summed E-state index contributed by atoms with van der Waals surface area (Å²) in [6.07, 6.45) is 16.3. The smallest absolute Gasteiger partial charge is 0.410 e. The van der Waals surface area contributed by atoms with Crippen LogP contribution in [-0.2, 0) is 50.1 Å². The number of ether oxygens (including phenoxy) is 5. The fraction of sp³-hybridized carbons (Fsp3) is 0.438. The number of nitrogens with one attached hydrogen (secondary N) is 1. The molecule has 10 rings (SSSR count). The highest BCUT2D eigenvalue weighted by Crippen LogP contribution is 2.31. The second kappa shape index (κ2) is 34.0. The predicted molar refractivity (Wildman–Crippen MR) is 315 cm³/mol. The lowest BCUT2D eigenvalue weighted by Crippen LogP contribution is -2.46. The highest BCUT2D eigenvalue weighted by atomic mass is 28.3. The Kier molecular flexibility index (Phi) is 26.4. The highest BCUT2D eigenvalue weighted by Gasteiger charge is 2.45. The number of hydrogen-bond donors (Lipinski definition) is 3. The van der Waals surface area contributed by atoms with Crippen LogP contribution in [-0.4, -0.2) is 152 Å². The molecule has 4 fully saturated rings. The molecule has 0 saturated carbocycles. The minimum Gasteiger partial charge on any atom is -0.445 e. The Morgan fingerprint density at radius 2 is 0.963 bits per heavy atom. The van der Waals surface area contributed by atoms with Crippen molar-refractivity contribution in [1.29, 1.82) is 0 Å². The molecule has 4 aromatic rings. The van der Waals surface area contributed by atoms with E-state index < -0.39 is 26.4 Å². The first kappa shape index (κ1) is 62.8. The molecule has 6 aliphatic heterocycles. The zero-order valence-corrected chi connectivity index (χ0v) is 48.2. The maximum atomic E-state index is 12.1. The lowest BCUT2D eigenvalue weighted by atomic mass is 9.95. The maximum Gasteiger partial charge on any atom is 0.410 e. The van der Waals surface area contributed by atoms with Crippen molar-refractivity contribution in [2.75, 3.05) is 65.4 Å². The summed E-state index contributed by atoms with van der Waals surface area (Å²) < 4.78 is 26.4. The summed E-state index contributed by atoms with van der Waals surface area (Å²) in [4.78, 5) is 53.9. The van der Waals surface area contributed by atoms with Gasteiger partial charge in [0.25, 0.3) is 0 Å². The molecule has 17 heteroatoms. The summed E-state index contributed by atoms with van der Waals surface area (Å²) >= 11 is 0. The van der Waals surface area contributed by atoms with Crippen molar-refractivity contribution in [3.63, 3.8) is 0 Å². The molecule has 4 saturated heterocycles. The van der Waals surface area contributed by atoms with Crippen LogP contribution in [0.15, 0.2) is 146 Å². The van der Waals surface area contributed by atoms with E-state index in [1.165, 1.54) is 11.3 Å². The Morgan fingerprint density at radius 3 is 1.31 bits per heavy atom. The summed E-state index contributed by atoms with van der Waals surface area (Å²) in [6.45, 7) is 14.4. The Labute approximate surface area is 480 Å². The summed E-state index contributed by atoms with van der Waals surface area (Å²) in [5.41, 5.74) is 7.23. The van der Waals surface area contributed by atoms with E-state index in [4.69, 9.17) is 30.1 Å². The normalized spacial score (nSPS) is 21.4. The number of carbonyl (C=O) groups is 4. The molecule has 6 aliphatic rings. The lowest BCUT2D eigenvalue weighted by molar-refractivity contribution is 0.0291. The molecular weight excluding hydrogens is 1040 g/mol. The number of rotatable bonds is 8. The molecular formula is C64H81N5O11Si. The van der Waals surface area contributed by atoms with Crippen molar-refractivity contribution >= 4 is 32.4 Å². The molecule has 6 heterocycles. The van der Waals surface area contributed by atoms with Crippen LogP contribution in [0.2, 0.25) is 19.6 Å². The Hall–Kier alpha value is -7.38. The van der Waals surface area contributed by atoms with Gasteiger partial charge in [0.2, 0.25) is 0 Å². The van der Waals surface area contributed by atoms with Crippen LogP contribution in [0.3, 0.4) is 0 Å². The standard InChI is InChI=1S/C18H25NO3Si.C15H17NO3.C13H15NO3.C13H15NO2.C5H9N/c1-23(2,3)12-10-16-9-11-19(13-17(16)20)18(21)22-14-15-7-5-4-6-8-15;1-2-13-8-9-16(10-14(13)17)15(18)19-11-12-6-4-3-5-7-12;15-13(14-7-6-11-12(8-14)17-11)16-9-10-4-2-1-3-5-10;15-13(14-9-5-2-6-10-14)16-11-12-7-3-1-4-8-12;1-2-4-6-5-3-1/h4-8,16-17,20H,9,11,13-14H2,1-3H3;1,3-7,13-14,17H,8-11H2;1-5,11-12H,6-9H2;1-5,7-8H,6,9-11H2;1-2,6H,3-5H2/t16-,17+;13-,14-;;;/m01.../s1. The molecule has 3 N–H and O–H groups in total. The van der Waals surface area contributed by atoms with Crippen molar-refractivity contribution in [2.45, 2.75) is 103 Å². The van der Waals surface area contributed by atoms with Crippen molar-refractivity contribution < 1.29 is 53.1 Å². The first-order valence-corrected chi connectivity index (χ1v) is 31.6. The second-order valence-electron chi connectivity index (χ2n) is 21.3. The number of benzene rings is 4. The number of hydrogen-bond acceptors (Lipinski definition) is 12. The summed E-state index contributed by atoms with van der Waals surface area (Å²) in [7, 11) is -1.44. The van der Waals surface area contributed by atoms with Gasteiger partial charge in [0, 0.05) is 51.1 Å². The molecule has 81 heavy (non-hydrogen) atoms. The molecule has 4 aromatic carbocycles. The minimum absolute atomic E-state index is 0.0418. The van der Waals surface area contributed by atoms with Crippen LogP contribution in [0.1, 0.15) is 54.4 Å². The van der Waals surface area contributed by atoms with Crippen LogP contribution in [0.25, 0.3) is 0 Å². The Morgan fingerprint density at radius 1 is 0.543 bits per heavy atom. The van der Waals surface area contributed by atoms with Crippen LogP contribution in [0.4, 0.5) is 19.2 Å². The number of epoxide rings is 1. The average molecular weight is 1120 g/mol. The lowest BCUT2D eigenvalue weighted by Gasteiger charge is -2.33. The Balaban J connectivity index is 0.000000169. The largest absolute Gasteiger partial charge is 0.445 e. The van der Waals surface area contributed by atoms with Gasteiger partial charge in [0.15, 0.2) is 0 Å². The molecule has 4 amide bonds. The van der Waals surface area contributed by atoms with Crippen LogP contribution in [0, 0.1) is 35.6 Å². The number of terminal acetylenes is 1. The van der Waals surface area contributed by atoms with Gasteiger partial charge in [-0.05, 0) is 60.9 Å². The third-order valence-corrected chi connectivity index (χ3v) is 14.5. The van der Waals surface area contributed by atoms with E-state index in [1.807, 2.05) is 127 Å². The van der Waals surface area contributed by atoms with Crippen molar-refractivity contribution in [3.8, 4) is 23.8 Å². The third kappa shape index (κ3) is 23.7. The highest BCUT2D eigenvalue weighted by molar-refractivity contribution is 6.83. The third-order valence-electron chi connectivity index (χ3n) is 13.6. The van der Waals surface area contributed by atoms with Crippen molar-refractivity contribution in [2.24, 2.45) is 11.8 Å². The fourth-order valence-electron chi connectivity index (χ4n) is 8.84. The summed E-state index contributed by atoms with van der Waals surface area (Å²) in [5, 5.41) is 23.2. The first-order valence-electron chi connectivity index (χ1n) is 28.1. The van der Waals surface area contributed by atoms with E-state index in [9.17, 15) is 29.4 Å². The number of fused-ring (bicyclic) bond motifs is 1. The van der Waals surface area contributed by atoms with Gasteiger partial charge in [-0.1, -0.05) is 165 Å². The predicted octanol–water partition coefficient (Wildman–Crippen LogP) is 9.44. The summed E-state index contributed by atoms with van der Waals surface area (Å²) in [6, 6.07) is 38.5. The van der Waals surface area contributed by atoms with Crippen LogP contribution < -0.4 is 5.32 Å². The number of aliphatic hydroxyl groups is 2. The molecule has 2 unspecified atom stereocenters. The van der Waals surface area contributed by atoms with Gasteiger partial charge in [0.05, 0.1) is 37.9 Å². The van der Waals surface area contributed by atoms with Crippen LogP contribution >= 0.6 is 0 Å². The number of amides is 4. The monoisotopic (exact) mass is 1120 g/mol. The summed E-state index contributed by atoms with van der Waals surface area (Å²) in [5.74, 6) is 5.54. The van der Waals surface area contributed by atoms with E-state index in [0.29, 0.717) is 64.9 Å². The van der Waals surface area contributed by atoms with E-state index >= 15 is 0 Å². The number of aliphatic hydroxyl groups excluding tert-OH is 2. The SMILES string of the molecule is C#C[C@@H]1CCN(C(=O)OCc2ccccc2)C[C@H]1O.C1=CCNCC1.C[Si](C)(C)C#C[C@@H]1CCN(C(=O)OCc2ccccc2)C[C@H]1O.O=C(OCc1ccccc1)N1CC=CCC1.O=C(OCc1ccccc1)N1CCC2OC2C1. The quantitative estimate of drug-likeness (QED) is 0.0501. The molecule has 0 radical (unpaired) electrons. The van der Waals surface area contributed by atoms with Gasteiger partial charge in [-0.25, -0.2) is 19.2 Å². The van der Waals surface area contributed by atoms with Crippen molar-refractivity contribution in [1.82, 2.24) is 24.9 Å². The number of likely N-dealkylation sites (tertiary alicyclic amines) is 3. The fourth-order valence-corrected chi connectivity index (χ4v) is 9.46. The molecule has 16 nitrogen and oxygen atoms in total. The first-order chi connectivity index (χ1) is 39.2. The number of piperidine rings is 3. The Bertz CT molecular complexity index is 2690. The molecule has 0 bridgehead atoms.